The van der Waals surface area contributed by atoms with Crippen molar-refractivity contribution in [1.29, 1.82) is 0 Å². The summed E-state index contributed by atoms with van der Waals surface area (Å²) in [5.41, 5.74) is 1.19. The Hall–Kier alpha value is -1.32. The predicted molar refractivity (Wildman–Crippen MR) is 74.0 cm³/mol. The number of aryl methyl sites for hydroxylation is 1. The number of nitrogens with zero attached hydrogens (tertiary/aromatic N) is 3. The number of rotatable bonds is 3. The molecule has 1 aromatic heterocycles. The van der Waals surface area contributed by atoms with Gasteiger partial charge in [0.25, 0.3) is 0 Å². The van der Waals surface area contributed by atoms with E-state index in [-0.39, 0.29) is 0 Å². The van der Waals surface area contributed by atoms with Gasteiger partial charge >= 0.3 is 0 Å². The van der Waals surface area contributed by atoms with E-state index in [1.165, 1.54) is 37.9 Å². The van der Waals surface area contributed by atoms with Crippen molar-refractivity contribution >= 4 is 11.8 Å². The molecule has 1 aliphatic heterocycles. The second kappa shape index (κ2) is 4.75. The van der Waals surface area contributed by atoms with E-state index in [0.717, 1.165) is 30.1 Å². The Labute approximate surface area is 109 Å². The fourth-order valence-electron chi connectivity index (χ4n) is 3.40. The third-order valence-corrected chi connectivity index (χ3v) is 4.31. The normalized spacial score (nSPS) is 26.4. The number of hydrogen-bond donors (Lipinski definition) is 1. The largest absolute Gasteiger partial charge is 0.356 e. The summed E-state index contributed by atoms with van der Waals surface area (Å²) >= 11 is 0. The molecule has 2 aliphatic rings. The summed E-state index contributed by atoms with van der Waals surface area (Å²) in [6, 6.07) is 0. The molecule has 2 heterocycles. The van der Waals surface area contributed by atoms with Crippen molar-refractivity contribution in [2.24, 2.45) is 11.8 Å². The van der Waals surface area contributed by atoms with Crippen LogP contribution in [0.3, 0.4) is 0 Å². The van der Waals surface area contributed by atoms with Crippen LogP contribution in [0.25, 0.3) is 0 Å². The Balaban J connectivity index is 1.81. The van der Waals surface area contributed by atoms with Crippen molar-refractivity contribution in [3.05, 3.63) is 11.8 Å². The monoisotopic (exact) mass is 246 g/mol. The maximum Gasteiger partial charge on any atom is 0.224 e. The van der Waals surface area contributed by atoms with Gasteiger partial charge in [0.15, 0.2) is 0 Å². The fourth-order valence-corrected chi connectivity index (χ4v) is 3.40. The van der Waals surface area contributed by atoms with E-state index in [0.29, 0.717) is 0 Å². The van der Waals surface area contributed by atoms with Crippen LogP contribution >= 0.6 is 0 Å². The van der Waals surface area contributed by atoms with Crippen LogP contribution in [0.5, 0.6) is 0 Å². The number of fused-ring (bicyclic) bond motifs is 1. The van der Waals surface area contributed by atoms with Crippen molar-refractivity contribution in [3.63, 3.8) is 0 Å². The first-order chi connectivity index (χ1) is 8.78. The first kappa shape index (κ1) is 11.8. The maximum atomic E-state index is 4.68. The molecule has 2 fully saturated rings. The van der Waals surface area contributed by atoms with Gasteiger partial charge in [0.2, 0.25) is 5.95 Å². The van der Waals surface area contributed by atoms with Gasteiger partial charge in [0.1, 0.15) is 5.82 Å². The average Bonchev–Trinajstić information content (AvgIpc) is 2.92. The van der Waals surface area contributed by atoms with Crippen LogP contribution in [0.4, 0.5) is 11.8 Å². The van der Waals surface area contributed by atoms with Crippen molar-refractivity contribution in [3.8, 4) is 0 Å². The molecule has 1 saturated heterocycles. The second-order valence-electron chi connectivity index (χ2n) is 5.59. The molecule has 3 rings (SSSR count). The van der Waals surface area contributed by atoms with Gasteiger partial charge in [0, 0.05) is 31.4 Å². The molecule has 4 heteroatoms. The summed E-state index contributed by atoms with van der Waals surface area (Å²) in [6.45, 7) is 7.43. The highest BCUT2D eigenvalue weighted by Gasteiger charge is 2.37. The van der Waals surface area contributed by atoms with Gasteiger partial charge < -0.3 is 10.2 Å². The van der Waals surface area contributed by atoms with Gasteiger partial charge in [-0.25, -0.2) is 4.98 Å². The van der Waals surface area contributed by atoms with E-state index in [4.69, 9.17) is 0 Å². The molecule has 1 saturated carbocycles. The zero-order valence-corrected chi connectivity index (χ0v) is 11.3. The molecule has 18 heavy (non-hydrogen) atoms. The summed E-state index contributed by atoms with van der Waals surface area (Å²) in [4.78, 5) is 11.5. The van der Waals surface area contributed by atoms with E-state index in [1.807, 2.05) is 6.20 Å². The first-order valence-corrected chi connectivity index (χ1v) is 7.10. The Morgan fingerprint density at radius 2 is 2.06 bits per heavy atom. The van der Waals surface area contributed by atoms with Crippen LogP contribution in [0.15, 0.2) is 6.20 Å². The molecule has 0 bridgehead atoms. The van der Waals surface area contributed by atoms with Crippen molar-refractivity contribution in [2.45, 2.75) is 33.1 Å². The Morgan fingerprint density at radius 1 is 1.33 bits per heavy atom. The zero-order valence-electron chi connectivity index (χ0n) is 11.3. The van der Waals surface area contributed by atoms with Gasteiger partial charge in [-0.15, -0.1) is 0 Å². The Morgan fingerprint density at radius 3 is 2.72 bits per heavy atom. The molecule has 0 amide bonds. The second-order valence-corrected chi connectivity index (χ2v) is 5.59. The van der Waals surface area contributed by atoms with Crippen molar-refractivity contribution in [1.82, 2.24) is 9.97 Å². The highest BCUT2D eigenvalue weighted by molar-refractivity contribution is 5.50. The number of aromatic nitrogens is 2. The molecular formula is C14H22N4. The minimum Gasteiger partial charge on any atom is -0.356 e. The summed E-state index contributed by atoms with van der Waals surface area (Å²) in [7, 11) is 0. The molecule has 98 valence electrons. The fraction of sp³-hybridized carbons (Fsp3) is 0.714. The standard InChI is InChI=1S/C14H22N4/c1-3-15-14-16-7-10(2)13(17-14)18-8-11-5-4-6-12(11)9-18/h7,11-12H,3-6,8-9H2,1-2H3,(H,15,16,17). The highest BCUT2D eigenvalue weighted by atomic mass is 15.2. The molecule has 4 nitrogen and oxygen atoms in total. The van der Waals surface area contributed by atoms with Crippen LogP contribution in [0.1, 0.15) is 31.7 Å². The topological polar surface area (TPSA) is 41.1 Å². The van der Waals surface area contributed by atoms with E-state index >= 15 is 0 Å². The lowest BCUT2D eigenvalue weighted by Crippen LogP contribution is -2.23. The minimum atomic E-state index is 0.759. The van der Waals surface area contributed by atoms with E-state index in [1.54, 1.807) is 0 Å². The van der Waals surface area contributed by atoms with Gasteiger partial charge in [-0.3, -0.25) is 0 Å². The zero-order chi connectivity index (χ0) is 12.5. The molecule has 1 aliphatic carbocycles. The van der Waals surface area contributed by atoms with Crippen LogP contribution in [-0.2, 0) is 0 Å². The molecule has 1 N–H and O–H groups in total. The Bertz CT molecular complexity index is 420. The van der Waals surface area contributed by atoms with Crippen LogP contribution < -0.4 is 10.2 Å². The summed E-state index contributed by atoms with van der Waals surface area (Å²) < 4.78 is 0. The average molecular weight is 246 g/mol. The first-order valence-electron chi connectivity index (χ1n) is 7.10. The highest BCUT2D eigenvalue weighted by Crippen LogP contribution is 2.39. The molecule has 0 spiro atoms. The lowest BCUT2D eigenvalue weighted by Gasteiger charge is -2.20. The molecule has 0 radical (unpaired) electrons. The van der Waals surface area contributed by atoms with E-state index in [2.05, 4.69) is 34.0 Å². The SMILES string of the molecule is CCNc1ncc(C)c(N2CC3CCCC3C2)n1. The summed E-state index contributed by atoms with van der Waals surface area (Å²) in [5, 5.41) is 3.20. The third-order valence-electron chi connectivity index (χ3n) is 4.31. The maximum absolute atomic E-state index is 4.68. The Kier molecular flexibility index (Phi) is 3.10. The van der Waals surface area contributed by atoms with E-state index in [9.17, 15) is 0 Å². The lowest BCUT2D eigenvalue weighted by atomic mass is 10.0. The number of nitrogens with one attached hydrogen (secondary N) is 1. The third kappa shape index (κ3) is 2.04. The quantitative estimate of drug-likeness (QED) is 0.889. The summed E-state index contributed by atoms with van der Waals surface area (Å²) in [6.07, 6.45) is 6.18. The van der Waals surface area contributed by atoms with Gasteiger partial charge in [-0.1, -0.05) is 6.42 Å². The lowest BCUT2D eigenvalue weighted by molar-refractivity contribution is 0.494. The number of hydrogen-bond acceptors (Lipinski definition) is 4. The number of anilines is 2. The van der Waals surface area contributed by atoms with Crippen LogP contribution in [-0.4, -0.2) is 29.6 Å². The molecule has 2 unspecified atom stereocenters. The molecule has 1 aromatic rings. The van der Waals surface area contributed by atoms with Gasteiger partial charge in [-0.2, -0.15) is 4.98 Å². The molecule has 2 atom stereocenters. The van der Waals surface area contributed by atoms with E-state index < -0.39 is 0 Å². The molecular weight excluding hydrogens is 224 g/mol. The minimum absolute atomic E-state index is 0.759. The van der Waals surface area contributed by atoms with Gasteiger partial charge in [-0.05, 0) is 38.5 Å². The van der Waals surface area contributed by atoms with Crippen LogP contribution in [0.2, 0.25) is 0 Å². The van der Waals surface area contributed by atoms with Crippen molar-refractivity contribution in [2.75, 3.05) is 29.9 Å². The smallest absolute Gasteiger partial charge is 0.224 e. The summed E-state index contributed by atoms with van der Waals surface area (Å²) in [5.74, 6) is 3.70. The predicted octanol–water partition coefficient (Wildman–Crippen LogP) is 2.45. The molecule has 0 aromatic carbocycles. The van der Waals surface area contributed by atoms with Crippen LogP contribution in [0, 0.1) is 18.8 Å². The van der Waals surface area contributed by atoms with Crippen molar-refractivity contribution < 1.29 is 0 Å². The van der Waals surface area contributed by atoms with Gasteiger partial charge in [0.05, 0.1) is 0 Å².